The van der Waals surface area contributed by atoms with Crippen molar-refractivity contribution >= 4 is 18.2 Å². The minimum absolute atomic E-state index is 0. The Morgan fingerprint density at radius 2 is 2.15 bits per heavy atom. The zero-order chi connectivity index (χ0) is 8.97. The lowest BCUT2D eigenvalue weighted by molar-refractivity contribution is -0.0527. The molecule has 1 rings (SSSR count). The minimum Gasteiger partial charge on any atom is -0.417 e. The van der Waals surface area contributed by atoms with Gasteiger partial charge in [-0.05, 0) is 6.07 Å². The molecule has 74 valence electrons. The molecule has 0 aliphatic carbocycles. The maximum Gasteiger partial charge on any atom is 0.388 e. The third-order valence-electron chi connectivity index (χ3n) is 1.19. The lowest BCUT2D eigenvalue weighted by atomic mass is 10.4. The average Bonchev–Trinajstić information content (AvgIpc) is 2.03. The molecule has 0 radical (unpaired) electrons. The van der Waals surface area contributed by atoms with E-state index in [1.165, 1.54) is 6.07 Å². The predicted octanol–water partition coefficient (Wildman–Crippen LogP) is 2.15. The summed E-state index contributed by atoms with van der Waals surface area (Å²) < 4.78 is 27.4. The van der Waals surface area contributed by atoms with Gasteiger partial charge in [0.2, 0.25) is 5.88 Å². The molecule has 1 aromatic rings. The number of halogens is 3. The molecule has 0 spiro atoms. The fraction of sp³-hybridized carbons (Fsp3) is 0.286. The number of ether oxygens (including phenoxy) is 1. The Morgan fingerprint density at radius 1 is 1.46 bits per heavy atom. The molecule has 0 fully saturated rings. The third kappa shape index (κ3) is 3.89. The van der Waals surface area contributed by atoms with Gasteiger partial charge in [0.05, 0.1) is 0 Å². The molecule has 13 heavy (non-hydrogen) atoms. The number of alkyl halides is 2. The van der Waals surface area contributed by atoms with Crippen LogP contribution in [0.2, 0.25) is 0 Å². The van der Waals surface area contributed by atoms with E-state index < -0.39 is 6.61 Å². The summed E-state index contributed by atoms with van der Waals surface area (Å²) in [5, 5.41) is 2.70. The molecule has 0 saturated heterocycles. The van der Waals surface area contributed by atoms with Crippen LogP contribution in [0.1, 0.15) is 0 Å². The Balaban J connectivity index is 0.00000144. The Hall–Kier alpha value is -1.10. The number of rotatable bonds is 3. The van der Waals surface area contributed by atoms with Gasteiger partial charge in [-0.15, -0.1) is 12.4 Å². The second-order valence-corrected chi connectivity index (χ2v) is 1.99. The minimum atomic E-state index is -2.83. The van der Waals surface area contributed by atoms with Crippen LogP contribution in [-0.2, 0) is 0 Å². The smallest absolute Gasteiger partial charge is 0.388 e. The maximum atomic E-state index is 11.7. The van der Waals surface area contributed by atoms with Crippen LogP contribution < -0.4 is 10.1 Å². The number of pyridine rings is 1. The third-order valence-corrected chi connectivity index (χ3v) is 1.19. The van der Waals surface area contributed by atoms with Crippen molar-refractivity contribution in [3.63, 3.8) is 0 Å². The summed E-state index contributed by atoms with van der Waals surface area (Å²) in [7, 11) is 1.65. The van der Waals surface area contributed by atoms with Crippen LogP contribution in [0.4, 0.5) is 14.6 Å². The van der Waals surface area contributed by atoms with E-state index in [0.717, 1.165) is 0 Å². The van der Waals surface area contributed by atoms with Crippen molar-refractivity contribution < 1.29 is 13.5 Å². The van der Waals surface area contributed by atoms with Gasteiger partial charge in [0.15, 0.2) is 0 Å². The van der Waals surface area contributed by atoms with Crippen molar-refractivity contribution in [2.24, 2.45) is 0 Å². The largest absolute Gasteiger partial charge is 0.417 e. The highest BCUT2D eigenvalue weighted by Gasteiger charge is 2.04. The summed E-state index contributed by atoms with van der Waals surface area (Å²) in [6.07, 6.45) is 0. The highest BCUT2D eigenvalue weighted by molar-refractivity contribution is 5.85. The second kappa shape index (κ2) is 5.53. The average molecular weight is 211 g/mol. The molecular formula is C7H9ClF2N2O. The molecule has 6 heteroatoms. The maximum absolute atomic E-state index is 11.7. The number of anilines is 1. The molecule has 1 N–H and O–H groups in total. The van der Waals surface area contributed by atoms with Crippen molar-refractivity contribution in [3.05, 3.63) is 18.2 Å². The molecular weight excluding hydrogens is 202 g/mol. The molecule has 0 aliphatic rings. The van der Waals surface area contributed by atoms with Gasteiger partial charge in [-0.1, -0.05) is 6.07 Å². The van der Waals surface area contributed by atoms with E-state index in [4.69, 9.17) is 0 Å². The normalized spacial score (nSPS) is 9.23. The molecule has 0 aliphatic heterocycles. The van der Waals surface area contributed by atoms with Crippen molar-refractivity contribution in [1.29, 1.82) is 0 Å². The topological polar surface area (TPSA) is 34.1 Å². The Labute approximate surface area is 80.5 Å². The molecule has 1 aromatic heterocycles. The fourth-order valence-electron chi connectivity index (χ4n) is 0.711. The summed E-state index contributed by atoms with van der Waals surface area (Å²) >= 11 is 0. The van der Waals surface area contributed by atoms with Crippen LogP contribution in [-0.4, -0.2) is 18.6 Å². The lowest BCUT2D eigenvalue weighted by Crippen LogP contribution is -2.04. The number of hydrogen-bond donors (Lipinski definition) is 1. The Kier molecular flexibility index (Phi) is 5.06. The van der Waals surface area contributed by atoms with Gasteiger partial charge in [0.1, 0.15) is 5.82 Å². The molecule has 3 nitrogen and oxygen atoms in total. The first-order chi connectivity index (χ1) is 5.72. The SMILES string of the molecule is CNc1cccc(OC(F)F)n1.Cl. The number of nitrogens with one attached hydrogen (secondary N) is 1. The predicted molar refractivity (Wildman–Crippen MR) is 47.7 cm³/mol. The quantitative estimate of drug-likeness (QED) is 0.830. The van der Waals surface area contributed by atoms with Gasteiger partial charge in [-0.2, -0.15) is 13.8 Å². The molecule has 1 heterocycles. The van der Waals surface area contributed by atoms with Gasteiger partial charge in [0, 0.05) is 13.1 Å². The first-order valence-electron chi connectivity index (χ1n) is 3.32. The molecule has 0 atom stereocenters. The van der Waals surface area contributed by atoms with E-state index in [1.54, 1.807) is 19.2 Å². The van der Waals surface area contributed by atoms with Crippen LogP contribution in [0.15, 0.2) is 18.2 Å². The van der Waals surface area contributed by atoms with Gasteiger partial charge in [0.25, 0.3) is 0 Å². The molecule has 0 bridgehead atoms. The van der Waals surface area contributed by atoms with E-state index in [9.17, 15) is 8.78 Å². The van der Waals surface area contributed by atoms with Gasteiger partial charge >= 0.3 is 6.61 Å². The van der Waals surface area contributed by atoms with E-state index in [0.29, 0.717) is 5.82 Å². The van der Waals surface area contributed by atoms with Crippen LogP contribution in [0, 0.1) is 0 Å². The van der Waals surface area contributed by atoms with Crippen LogP contribution in [0.5, 0.6) is 5.88 Å². The van der Waals surface area contributed by atoms with E-state index in [2.05, 4.69) is 15.0 Å². The van der Waals surface area contributed by atoms with E-state index in [1.807, 2.05) is 0 Å². The first-order valence-corrected chi connectivity index (χ1v) is 3.32. The highest BCUT2D eigenvalue weighted by Crippen LogP contribution is 2.12. The Bertz CT molecular complexity index is 260. The number of hydrogen-bond acceptors (Lipinski definition) is 3. The summed E-state index contributed by atoms with van der Waals surface area (Å²) in [6.45, 7) is -2.83. The summed E-state index contributed by atoms with van der Waals surface area (Å²) in [4.78, 5) is 3.72. The number of aromatic nitrogens is 1. The van der Waals surface area contributed by atoms with Crippen molar-refractivity contribution in [3.8, 4) is 5.88 Å². The highest BCUT2D eigenvalue weighted by atomic mass is 35.5. The first kappa shape index (κ1) is 11.9. The zero-order valence-electron chi connectivity index (χ0n) is 6.83. The van der Waals surface area contributed by atoms with Crippen LogP contribution in [0.25, 0.3) is 0 Å². The van der Waals surface area contributed by atoms with Gasteiger partial charge in [-0.25, -0.2) is 0 Å². The number of nitrogens with zero attached hydrogens (tertiary/aromatic N) is 1. The van der Waals surface area contributed by atoms with Crippen molar-refractivity contribution in [2.75, 3.05) is 12.4 Å². The molecule has 0 amide bonds. The second-order valence-electron chi connectivity index (χ2n) is 1.99. The summed E-state index contributed by atoms with van der Waals surface area (Å²) in [6, 6.07) is 4.60. The van der Waals surface area contributed by atoms with E-state index >= 15 is 0 Å². The summed E-state index contributed by atoms with van der Waals surface area (Å²) in [5.41, 5.74) is 0. The Morgan fingerprint density at radius 3 is 2.69 bits per heavy atom. The van der Waals surface area contributed by atoms with Crippen LogP contribution >= 0.6 is 12.4 Å². The van der Waals surface area contributed by atoms with E-state index in [-0.39, 0.29) is 18.3 Å². The fourth-order valence-corrected chi connectivity index (χ4v) is 0.711. The molecule has 0 unspecified atom stereocenters. The van der Waals surface area contributed by atoms with Crippen molar-refractivity contribution in [2.45, 2.75) is 6.61 Å². The monoisotopic (exact) mass is 210 g/mol. The standard InChI is InChI=1S/C7H8F2N2O.ClH/c1-10-5-3-2-4-6(11-5)12-7(8)9;/h2-4,7H,1H3,(H,10,11);1H. The van der Waals surface area contributed by atoms with Crippen LogP contribution in [0.3, 0.4) is 0 Å². The van der Waals surface area contributed by atoms with Gasteiger partial charge < -0.3 is 10.1 Å². The lowest BCUT2D eigenvalue weighted by Gasteiger charge is -2.04. The zero-order valence-corrected chi connectivity index (χ0v) is 7.65. The summed E-state index contributed by atoms with van der Waals surface area (Å²) in [5.74, 6) is 0.407. The molecule has 0 aromatic carbocycles. The molecule has 0 saturated carbocycles. The van der Waals surface area contributed by atoms with Crippen molar-refractivity contribution in [1.82, 2.24) is 4.98 Å². The van der Waals surface area contributed by atoms with Gasteiger partial charge in [-0.3, -0.25) is 0 Å².